The molecule has 0 radical (unpaired) electrons. The number of hydrogen-bond acceptors (Lipinski definition) is 3. The van der Waals surface area contributed by atoms with E-state index in [9.17, 15) is 13.2 Å². The number of fused-ring (bicyclic) bond motifs is 1. The normalized spacial score (nSPS) is 20.2. The molecule has 0 fully saturated rings. The third-order valence-corrected chi connectivity index (χ3v) is 5.75. The number of rotatable bonds is 1. The van der Waals surface area contributed by atoms with E-state index < -0.39 is 15.1 Å². The van der Waals surface area contributed by atoms with Gasteiger partial charge in [-0.15, -0.1) is 0 Å². The largest absolute Gasteiger partial charge is 0.276 e. The number of sulfone groups is 1. The van der Waals surface area contributed by atoms with Crippen LogP contribution in [-0.4, -0.2) is 19.4 Å². The second kappa shape index (κ2) is 4.07. The van der Waals surface area contributed by atoms with Crippen molar-refractivity contribution in [3.8, 4) is 0 Å². The van der Waals surface area contributed by atoms with E-state index in [0.717, 1.165) is 5.56 Å². The quantitative estimate of drug-likeness (QED) is 0.746. The summed E-state index contributed by atoms with van der Waals surface area (Å²) in [5.41, 5.74) is 1.34. The van der Waals surface area contributed by atoms with Crippen molar-refractivity contribution >= 4 is 26.7 Å². The van der Waals surface area contributed by atoms with E-state index in [-0.39, 0.29) is 16.7 Å². The molecule has 0 spiro atoms. The summed E-state index contributed by atoms with van der Waals surface area (Å²) < 4.78 is 24.4. The van der Waals surface area contributed by atoms with Gasteiger partial charge >= 0.3 is 0 Å². The zero-order chi connectivity index (χ0) is 13.7. The first-order chi connectivity index (χ1) is 8.17. The van der Waals surface area contributed by atoms with E-state index in [4.69, 9.17) is 11.6 Å². The molecule has 1 aromatic carbocycles. The highest BCUT2D eigenvalue weighted by molar-refractivity contribution is 7.91. The molecule has 1 heterocycles. The zero-order valence-corrected chi connectivity index (χ0v) is 12.2. The minimum atomic E-state index is -3.31. The Kier molecular flexibility index (Phi) is 3.06. The summed E-state index contributed by atoms with van der Waals surface area (Å²) in [5, 5.41) is -0.617. The van der Waals surface area contributed by atoms with Gasteiger partial charge in [-0.05, 0) is 47.6 Å². The predicted octanol–water partition coefficient (Wildman–Crippen LogP) is 2.83. The van der Waals surface area contributed by atoms with Gasteiger partial charge in [0.1, 0.15) is 0 Å². The summed E-state index contributed by atoms with van der Waals surface area (Å²) >= 11 is 5.48. The monoisotopic (exact) mass is 286 g/mol. The maximum absolute atomic E-state index is 12.2. The lowest BCUT2D eigenvalue weighted by atomic mass is 9.80. The first-order valence-electron chi connectivity index (χ1n) is 5.73. The number of carbonyl (C=O) groups excluding carboxylic acids is 1. The number of halogens is 1. The van der Waals surface area contributed by atoms with Gasteiger partial charge in [-0.2, -0.15) is 0 Å². The molecule has 1 aromatic rings. The minimum Gasteiger partial charge on any atom is -0.276 e. The zero-order valence-electron chi connectivity index (χ0n) is 10.6. The van der Waals surface area contributed by atoms with Crippen LogP contribution in [0.3, 0.4) is 0 Å². The van der Waals surface area contributed by atoms with Crippen molar-refractivity contribution in [1.82, 2.24) is 0 Å². The molecule has 0 aliphatic carbocycles. The third-order valence-electron chi connectivity index (χ3n) is 3.65. The molecule has 0 aromatic heterocycles. The van der Waals surface area contributed by atoms with Gasteiger partial charge in [0.2, 0.25) is 0 Å². The van der Waals surface area contributed by atoms with Gasteiger partial charge in [-0.1, -0.05) is 19.9 Å². The van der Waals surface area contributed by atoms with Crippen LogP contribution in [0.15, 0.2) is 17.0 Å². The maximum atomic E-state index is 12.2. The van der Waals surface area contributed by atoms with Crippen LogP contribution in [0.25, 0.3) is 0 Å². The smallest absolute Gasteiger partial charge is 0.252 e. The van der Waals surface area contributed by atoms with E-state index in [2.05, 4.69) is 0 Å². The molecule has 98 valence electrons. The van der Waals surface area contributed by atoms with Crippen molar-refractivity contribution < 1.29 is 13.2 Å². The average Bonchev–Trinajstić information content (AvgIpc) is 2.24. The molecule has 0 atom stereocenters. The van der Waals surface area contributed by atoms with Crippen molar-refractivity contribution in [3.05, 3.63) is 28.8 Å². The van der Waals surface area contributed by atoms with Crippen molar-refractivity contribution in [1.29, 1.82) is 0 Å². The minimum absolute atomic E-state index is 0.119. The molecule has 1 aliphatic heterocycles. The lowest BCUT2D eigenvalue weighted by Crippen LogP contribution is -2.31. The van der Waals surface area contributed by atoms with Crippen LogP contribution in [0.5, 0.6) is 0 Å². The van der Waals surface area contributed by atoms with Gasteiger partial charge < -0.3 is 0 Å². The van der Waals surface area contributed by atoms with Crippen molar-refractivity contribution in [2.45, 2.75) is 37.5 Å². The molecule has 5 heteroatoms. The van der Waals surface area contributed by atoms with Crippen LogP contribution >= 0.6 is 11.6 Å². The fourth-order valence-corrected chi connectivity index (χ4v) is 4.91. The van der Waals surface area contributed by atoms with Gasteiger partial charge in [-0.3, -0.25) is 4.79 Å². The molecule has 0 N–H and O–H groups in total. The van der Waals surface area contributed by atoms with Crippen LogP contribution in [-0.2, 0) is 15.3 Å². The summed E-state index contributed by atoms with van der Waals surface area (Å²) in [6.07, 6.45) is 0.593. The molecule has 0 unspecified atom stereocenters. The van der Waals surface area contributed by atoms with E-state index in [1.807, 2.05) is 13.8 Å². The first kappa shape index (κ1) is 13.6. The molecule has 2 rings (SSSR count). The molecule has 3 nitrogen and oxygen atoms in total. The molecule has 1 aliphatic rings. The highest BCUT2D eigenvalue weighted by Crippen LogP contribution is 2.40. The summed E-state index contributed by atoms with van der Waals surface area (Å²) in [6, 6.07) is 3.33. The Balaban J connectivity index is 2.85. The topological polar surface area (TPSA) is 51.2 Å². The average molecular weight is 287 g/mol. The van der Waals surface area contributed by atoms with Crippen LogP contribution < -0.4 is 0 Å². The lowest BCUT2D eigenvalue weighted by Gasteiger charge is -2.33. The van der Waals surface area contributed by atoms with Crippen molar-refractivity contribution in [2.75, 3.05) is 5.75 Å². The molecule has 18 heavy (non-hydrogen) atoms. The first-order valence-corrected chi connectivity index (χ1v) is 7.76. The van der Waals surface area contributed by atoms with E-state index in [1.54, 1.807) is 19.1 Å². The Morgan fingerprint density at radius 1 is 1.33 bits per heavy atom. The lowest BCUT2D eigenvalue weighted by molar-refractivity contribution is 0.108. The summed E-state index contributed by atoms with van der Waals surface area (Å²) in [6.45, 7) is 5.68. The van der Waals surface area contributed by atoms with Gasteiger partial charge in [0.15, 0.2) is 9.84 Å². The number of hydrogen-bond donors (Lipinski definition) is 0. The van der Waals surface area contributed by atoms with Crippen LogP contribution in [0.2, 0.25) is 0 Å². The Hall–Kier alpha value is -0.870. The SMILES string of the molecule is Cc1c(C(=O)Cl)ccc2c1S(=O)(=O)CCC2(C)C. The Morgan fingerprint density at radius 2 is 1.94 bits per heavy atom. The fraction of sp³-hybridized carbons (Fsp3) is 0.462. The van der Waals surface area contributed by atoms with E-state index >= 15 is 0 Å². The van der Waals surface area contributed by atoms with Gasteiger partial charge in [0.25, 0.3) is 5.24 Å². The third kappa shape index (κ3) is 1.97. The molecule has 0 amide bonds. The highest BCUT2D eigenvalue weighted by atomic mass is 35.5. The Bertz CT molecular complexity index is 630. The van der Waals surface area contributed by atoms with E-state index in [0.29, 0.717) is 16.9 Å². The van der Waals surface area contributed by atoms with Crippen molar-refractivity contribution in [2.24, 2.45) is 0 Å². The van der Waals surface area contributed by atoms with Gasteiger partial charge in [0.05, 0.1) is 10.6 Å². The van der Waals surface area contributed by atoms with Gasteiger partial charge in [-0.25, -0.2) is 8.42 Å². The van der Waals surface area contributed by atoms with Crippen molar-refractivity contribution in [3.63, 3.8) is 0 Å². The Labute approximate surface area is 112 Å². The fourth-order valence-electron chi connectivity index (χ4n) is 2.46. The molecule has 0 bridgehead atoms. The Morgan fingerprint density at radius 3 is 2.50 bits per heavy atom. The summed E-state index contributed by atoms with van der Waals surface area (Å²) in [5.74, 6) is 0.119. The molecular formula is C13H15ClO3S. The molecular weight excluding hydrogens is 272 g/mol. The second-order valence-corrected chi connectivity index (χ2v) is 7.73. The summed E-state index contributed by atoms with van der Waals surface area (Å²) in [7, 11) is -3.31. The second-order valence-electron chi connectivity index (χ2n) is 5.34. The predicted molar refractivity (Wildman–Crippen MR) is 71.1 cm³/mol. The summed E-state index contributed by atoms with van der Waals surface area (Å²) in [4.78, 5) is 11.6. The molecule has 0 saturated heterocycles. The maximum Gasteiger partial charge on any atom is 0.252 e. The highest BCUT2D eigenvalue weighted by Gasteiger charge is 2.37. The molecule has 0 saturated carbocycles. The van der Waals surface area contributed by atoms with E-state index in [1.165, 1.54) is 0 Å². The number of benzene rings is 1. The van der Waals surface area contributed by atoms with Crippen LogP contribution in [0.1, 0.15) is 41.8 Å². The van der Waals surface area contributed by atoms with Gasteiger partial charge in [0, 0.05) is 5.56 Å². The van der Waals surface area contributed by atoms with Crippen LogP contribution in [0.4, 0.5) is 0 Å². The van der Waals surface area contributed by atoms with Crippen LogP contribution in [0, 0.1) is 6.92 Å². The number of carbonyl (C=O) groups is 1. The standard InChI is InChI=1S/C13H15ClO3S/c1-8-9(12(14)15)4-5-10-11(8)18(16,17)7-6-13(10,2)3/h4-5H,6-7H2,1-3H3.